The highest BCUT2D eigenvalue weighted by atomic mass is 16.6. The van der Waals surface area contributed by atoms with Crippen molar-refractivity contribution in [1.29, 1.82) is 0 Å². The van der Waals surface area contributed by atoms with Gasteiger partial charge in [0.25, 0.3) is 5.91 Å². The number of fused-ring (bicyclic) bond motifs is 1. The zero-order valence-electron chi connectivity index (χ0n) is 16.9. The number of carbonyl (C=O) groups is 2. The first kappa shape index (κ1) is 20.5. The summed E-state index contributed by atoms with van der Waals surface area (Å²) in [5, 5.41) is 2.97. The number of esters is 1. The minimum Gasteiger partial charge on any atom is -0.485 e. The van der Waals surface area contributed by atoms with Gasteiger partial charge in [0.05, 0.1) is 6.04 Å². The van der Waals surface area contributed by atoms with Crippen molar-refractivity contribution < 1.29 is 23.8 Å². The molecular formula is C25H23NO5. The van der Waals surface area contributed by atoms with E-state index in [1.54, 1.807) is 18.2 Å². The molecule has 0 radical (unpaired) electrons. The average molecular weight is 417 g/mol. The summed E-state index contributed by atoms with van der Waals surface area (Å²) in [5.41, 5.74) is 2.08. The number of rotatable bonds is 7. The van der Waals surface area contributed by atoms with Crippen LogP contribution in [0.3, 0.4) is 0 Å². The number of nitrogens with one attached hydrogen (secondary N) is 1. The first-order valence-electron chi connectivity index (χ1n) is 10.1. The van der Waals surface area contributed by atoms with Crippen LogP contribution < -0.4 is 14.8 Å². The zero-order chi connectivity index (χ0) is 21.5. The Balaban J connectivity index is 1.34. The second-order valence-electron chi connectivity index (χ2n) is 7.19. The molecule has 0 aromatic heterocycles. The molecule has 1 amide bonds. The Morgan fingerprint density at radius 1 is 0.903 bits per heavy atom. The van der Waals surface area contributed by atoms with Crippen LogP contribution in [-0.2, 0) is 20.7 Å². The van der Waals surface area contributed by atoms with Crippen molar-refractivity contribution in [1.82, 2.24) is 5.32 Å². The van der Waals surface area contributed by atoms with E-state index in [1.165, 1.54) is 0 Å². The van der Waals surface area contributed by atoms with Crippen molar-refractivity contribution in [3.05, 3.63) is 96.1 Å². The van der Waals surface area contributed by atoms with Gasteiger partial charge in [0.1, 0.15) is 6.61 Å². The van der Waals surface area contributed by atoms with Crippen LogP contribution in [0.1, 0.15) is 17.2 Å². The quantitative estimate of drug-likeness (QED) is 0.596. The summed E-state index contributed by atoms with van der Waals surface area (Å²) in [4.78, 5) is 24.9. The van der Waals surface area contributed by atoms with E-state index in [0.717, 1.165) is 11.1 Å². The summed E-state index contributed by atoms with van der Waals surface area (Å²) < 4.78 is 16.3. The molecule has 31 heavy (non-hydrogen) atoms. The largest absolute Gasteiger partial charge is 0.485 e. The van der Waals surface area contributed by atoms with Gasteiger partial charge >= 0.3 is 5.97 Å². The van der Waals surface area contributed by atoms with Crippen LogP contribution in [-0.4, -0.2) is 31.2 Å². The molecule has 4 rings (SSSR count). The lowest BCUT2D eigenvalue weighted by molar-refractivity contribution is -0.157. The van der Waals surface area contributed by atoms with Gasteiger partial charge in [-0.15, -0.1) is 0 Å². The van der Waals surface area contributed by atoms with E-state index in [4.69, 9.17) is 14.2 Å². The van der Waals surface area contributed by atoms with E-state index in [0.29, 0.717) is 17.9 Å². The number of hydrogen-bond acceptors (Lipinski definition) is 5. The molecule has 2 atom stereocenters. The number of hydrogen-bond donors (Lipinski definition) is 1. The Kier molecular flexibility index (Phi) is 6.47. The maximum atomic E-state index is 12.5. The lowest BCUT2D eigenvalue weighted by atomic mass is 9.99. The van der Waals surface area contributed by atoms with Crippen molar-refractivity contribution >= 4 is 11.9 Å². The standard InChI is InChI=1S/C25H23NO5/c27-24(17-30-25(28)23-16-29-21-13-7-8-14-22(21)31-23)26-20(19-11-5-2-6-12-19)15-18-9-3-1-4-10-18/h1-14,20,23H,15-17H2,(H,26,27)/t20-,23-/m1/s1. The molecule has 3 aromatic carbocycles. The molecule has 0 bridgehead atoms. The van der Waals surface area contributed by atoms with Crippen molar-refractivity contribution in [2.75, 3.05) is 13.2 Å². The molecule has 0 fully saturated rings. The summed E-state index contributed by atoms with van der Waals surface area (Å²) in [6.07, 6.45) is -0.280. The van der Waals surface area contributed by atoms with Gasteiger partial charge in [-0.2, -0.15) is 0 Å². The lowest BCUT2D eigenvalue weighted by Gasteiger charge is -2.25. The van der Waals surface area contributed by atoms with Gasteiger partial charge in [-0.1, -0.05) is 72.8 Å². The van der Waals surface area contributed by atoms with Gasteiger partial charge < -0.3 is 19.5 Å². The first-order valence-corrected chi connectivity index (χ1v) is 10.1. The van der Waals surface area contributed by atoms with E-state index < -0.39 is 18.7 Å². The third-order valence-corrected chi connectivity index (χ3v) is 4.94. The molecule has 0 unspecified atom stereocenters. The lowest BCUT2D eigenvalue weighted by Crippen LogP contribution is -2.40. The minimum absolute atomic E-state index is 0.0398. The Morgan fingerprint density at radius 3 is 2.29 bits per heavy atom. The number of amides is 1. The van der Waals surface area contributed by atoms with Crippen molar-refractivity contribution in [2.45, 2.75) is 18.6 Å². The van der Waals surface area contributed by atoms with E-state index in [1.807, 2.05) is 66.7 Å². The predicted molar refractivity (Wildman–Crippen MR) is 115 cm³/mol. The highest BCUT2D eigenvalue weighted by molar-refractivity contribution is 5.82. The average Bonchev–Trinajstić information content (AvgIpc) is 2.83. The van der Waals surface area contributed by atoms with Gasteiger partial charge in [-0.25, -0.2) is 4.79 Å². The summed E-state index contributed by atoms with van der Waals surface area (Å²) in [5.74, 6) is 0.0438. The summed E-state index contributed by atoms with van der Waals surface area (Å²) >= 11 is 0. The van der Waals surface area contributed by atoms with Crippen molar-refractivity contribution in [2.24, 2.45) is 0 Å². The van der Waals surface area contributed by atoms with Crippen LogP contribution in [0.25, 0.3) is 0 Å². The fourth-order valence-corrected chi connectivity index (χ4v) is 3.39. The Bertz CT molecular complexity index is 1020. The van der Waals surface area contributed by atoms with Crippen LogP contribution in [0.4, 0.5) is 0 Å². The number of carbonyl (C=O) groups excluding carboxylic acids is 2. The molecule has 158 valence electrons. The molecular weight excluding hydrogens is 394 g/mol. The first-order chi connectivity index (χ1) is 15.2. The molecule has 3 aromatic rings. The van der Waals surface area contributed by atoms with Crippen LogP contribution in [0.5, 0.6) is 11.5 Å². The maximum Gasteiger partial charge on any atom is 0.351 e. The van der Waals surface area contributed by atoms with Gasteiger partial charge in [-0.05, 0) is 29.7 Å². The Hall–Kier alpha value is -3.80. The zero-order valence-corrected chi connectivity index (χ0v) is 16.9. The summed E-state index contributed by atoms with van der Waals surface area (Å²) in [6.45, 7) is -0.351. The molecule has 0 saturated carbocycles. The normalized spacial score (nSPS) is 15.5. The van der Waals surface area contributed by atoms with Crippen LogP contribution in [0, 0.1) is 0 Å². The van der Waals surface area contributed by atoms with E-state index in [-0.39, 0.29) is 18.6 Å². The molecule has 1 aliphatic rings. The fraction of sp³-hybridized carbons (Fsp3) is 0.200. The SMILES string of the molecule is O=C(COC(=O)[C@H]1COc2ccccc2O1)N[C@H](Cc1ccccc1)c1ccccc1. The molecule has 1 aliphatic heterocycles. The van der Waals surface area contributed by atoms with Gasteiger partial charge in [-0.3, -0.25) is 4.79 Å². The smallest absolute Gasteiger partial charge is 0.351 e. The second-order valence-corrected chi connectivity index (χ2v) is 7.19. The van der Waals surface area contributed by atoms with Crippen molar-refractivity contribution in [3.8, 4) is 11.5 Å². The third kappa shape index (κ3) is 5.42. The van der Waals surface area contributed by atoms with E-state index in [9.17, 15) is 9.59 Å². The van der Waals surface area contributed by atoms with E-state index in [2.05, 4.69) is 5.32 Å². The molecule has 1 N–H and O–H groups in total. The second kappa shape index (κ2) is 9.80. The van der Waals surface area contributed by atoms with Gasteiger partial charge in [0.15, 0.2) is 18.1 Å². The monoisotopic (exact) mass is 417 g/mol. The molecule has 6 heteroatoms. The highest BCUT2D eigenvalue weighted by Gasteiger charge is 2.29. The van der Waals surface area contributed by atoms with Crippen LogP contribution >= 0.6 is 0 Å². The van der Waals surface area contributed by atoms with Gasteiger partial charge in [0, 0.05) is 0 Å². The molecule has 0 saturated heterocycles. The Labute approximate surface area is 180 Å². The minimum atomic E-state index is -0.906. The van der Waals surface area contributed by atoms with Crippen molar-refractivity contribution in [3.63, 3.8) is 0 Å². The molecule has 1 heterocycles. The highest BCUT2D eigenvalue weighted by Crippen LogP contribution is 2.31. The predicted octanol–water partition coefficient (Wildman–Crippen LogP) is 3.47. The maximum absolute atomic E-state index is 12.5. The fourth-order valence-electron chi connectivity index (χ4n) is 3.39. The number of benzene rings is 3. The summed E-state index contributed by atoms with van der Waals surface area (Å²) in [7, 11) is 0. The summed E-state index contributed by atoms with van der Waals surface area (Å²) in [6, 6.07) is 26.5. The third-order valence-electron chi connectivity index (χ3n) is 4.94. The van der Waals surface area contributed by atoms with Crippen LogP contribution in [0.15, 0.2) is 84.9 Å². The van der Waals surface area contributed by atoms with E-state index >= 15 is 0 Å². The Morgan fingerprint density at radius 2 is 1.55 bits per heavy atom. The molecule has 6 nitrogen and oxygen atoms in total. The molecule has 0 spiro atoms. The number of ether oxygens (including phenoxy) is 3. The topological polar surface area (TPSA) is 73.9 Å². The van der Waals surface area contributed by atoms with Gasteiger partial charge in [0.2, 0.25) is 6.10 Å². The van der Waals surface area contributed by atoms with Crippen LogP contribution in [0.2, 0.25) is 0 Å². The number of para-hydroxylation sites is 2. The molecule has 0 aliphatic carbocycles.